The van der Waals surface area contributed by atoms with Crippen molar-refractivity contribution in [3.8, 4) is 5.75 Å². The first-order valence-corrected chi connectivity index (χ1v) is 10.1. The number of benzene rings is 1. The molecule has 140 valence electrons. The van der Waals surface area contributed by atoms with Crippen LogP contribution in [-0.4, -0.2) is 81.5 Å². The number of morpholine rings is 1. The maximum Gasteiger partial charge on any atom is 0.282 e. The lowest BCUT2D eigenvalue weighted by Gasteiger charge is -2.37. The van der Waals surface area contributed by atoms with Crippen molar-refractivity contribution in [1.82, 2.24) is 13.5 Å². The maximum atomic E-state index is 12.7. The number of hydrogen-bond donors (Lipinski definition) is 0. The van der Waals surface area contributed by atoms with Gasteiger partial charge < -0.3 is 9.47 Å². The van der Waals surface area contributed by atoms with E-state index in [1.165, 1.54) is 9.87 Å². The Morgan fingerprint density at radius 3 is 2.32 bits per heavy atom. The van der Waals surface area contributed by atoms with E-state index in [-0.39, 0.29) is 0 Å². The van der Waals surface area contributed by atoms with Crippen LogP contribution in [0.4, 0.5) is 0 Å². The summed E-state index contributed by atoms with van der Waals surface area (Å²) in [6, 6.07) is 6.16. The minimum atomic E-state index is -3.37. The zero-order valence-corrected chi connectivity index (χ0v) is 15.8. The minimum absolute atomic E-state index is 0.447. The number of hydrogen-bond acceptors (Lipinski definition) is 5. The van der Waals surface area contributed by atoms with E-state index in [9.17, 15) is 8.42 Å². The summed E-state index contributed by atoms with van der Waals surface area (Å²) in [6.45, 7) is 7.18. The molecule has 3 rings (SSSR count). The molecule has 0 saturated carbocycles. The second-order valence-corrected chi connectivity index (χ2v) is 8.44. The topological polar surface area (TPSA) is 62.3 Å². The van der Waals surface area contributed by atoms with Gasteiger partial charge in [-0.15, -0.1) is 0 Å². The molecule has 0 aliphatic carbocycles. The molecule has 1 aromatic carbocycles. The fraction of sp³-hybridized carbons (Fsp3) is 0.647. The number of nitrogens with zero attached hydrogens (tertiary/aromatic N) is 3. The molecule has 0 spiro atoms. The van der Waals surface area contributed by atoms with Crippen molar-refractivity contribution in [1.29, 1.82) is 0 Å². The van der Waals surface area contributed by atoms with Crippen LogP contribution in [0.2, 0.25) is 0 Å². The fourth-order valence-corrected chi connectivity index (χ4v) is 4.89. The van der Waals surface area contributed by atoms with Gasteiger partial charge in [0.25, 0.3) is 10.2 Å². The number of aryl methyl sites for hydroxylation is 1. The van der Waals surface area contributed by atoms with Crippen LogP contribution in [0.1, 0.15) is 11.1 Å². The van der Waals surface area contributed by atoms with Crippen molar-refractivity contribution in [3.05, 3.63) is 29.3 Å². The highest BCUT2D eigenvalue weighted by Crippen LogP contribution is 2.22. The second kappa shape index (κ2) is 8.01. The molecular weight excluding hydrogens is 342 g/mol. The van der Waals surface area contributed by atoms with Crippen LogP contribution >= 0.6 is 0 Å². The van der Waals surface area contributed by atoms with E-state index in [2.05, 4.69) is 17.9 Å². The Labute approximate surface area is 150 Å². The minimum Gasteiger partial charge on any atom is -0.496 e. The zero-order chi connectivity index (χ0) is 17.9. The Hall–Kier alpha value is -1.19. The number of rotatable bonds is 5. The second-order valence-electron chi connectivity index (χ2n) is 6.51. The Balaban J connectivity index is 1.59. The summed E-state index contributed by atoms with van der Waals surface area (Å²) in [4.78, 5) is 2.28. The van der Waals surface area contributed by atoms with Gasteiger partial charge in [0.2, 0.25) is 0 Å². The summed E-state index contributed by atoms with van der Waals surface area (Å²) in [5, 5.41) is 0. The molecule has 2 fully saturated rings. The van der Waals surface area contributed by atoms with E-state index in [4.69, 9.17) is 9.47 Å². The Morgan fingerprint density at radius 2 is 1.68 bits per heavy atom. The molecule has 2 aliphatic rings. The smallest absolute Gasteiger partial charge is 0.282 e. The molecule has 0 amide bonds. The highest BCUT2D eigenvalue weighted by Gasteiger charge is 2.33. The molecular formula is C17H27N3O4S. The molecule has 2 saturated heterocycles. The van der Waals surface area contributed by atoms with Crippen molar-refractivity contribution in [2.24, 2.45) is 0 Å². The first-order chi connectivity index (χ1) is 12.0. The zero-order valence-electron chi connectivity index (χ0n) is 15.0. The lowest BCUT2D eigenvalue weighted by Crippen LogP contribution is -2.54. The first kappa shape index (κ1) is 18.6. The van der Waals surface area contributed by atoms with Crippen LogP contribution in [0, 0.1) is 6.92 Å². The van der Waals surface area contributed by atoms with Crippen LogP contribution in [0.3, 0.4) is 0 Å². The quantitative estimate of drug-likeness (QED) is 0.765. The average Bonchev–Trinajstić information content (AvgIpc) is 2.63. The molecule has 0 aromatic heterocycles. The number of methoxy groups -OCH3 is 1. The molecule has 0 radical (unpaired) electrons. The normalized spacial score (nSPS) is 21.4. The standard InChI is InChI=1S/C17H27N3O4S/c1-15-3-4-17(23-2)16(13-15)14-18-5-7-19(8-6-18)25(21,22)20-9-11-24-12-10-20/h3-4,13H,5-12,14H2,1-2H3. The Kier molecular flexibility index (Phi) is 5.96. The van der Waals surface area contributed by atoms with Gasteiger partial charge in [-0.1, -0.05) is 17.7 Å². The van der Waals surface area contributed by atoms with Crippen molar-refractivity contribution in [3.63, 3.8) is 0 Å². The van der Waals surface area contributed by atoms with E-state index >= 15 is 0 Å². The summed E-state index contributed by atoms with van der Waals surface area (Å²) >= 11 is 0. The lowest BCUT2D eigenvalue weighted by atomic mass is 10.1. The molecule has 0 unspecified atom stereocenters. The molecule has 8 heteroatoms. The fourth-order valence-electron chi connectivity index (χ4n) is 3.33. The van der Waals surface area contributed by atoms with Crippen molar-refractivity contribution in [2.75, 3.05) is 59.6 Å². The highest BCUT2D eigenvalue weighted by molar-refractivity contribution is 7.86. The number of ether oxygens (including phenoxy) is 2. The van der Waals surface area contributed by atoms with Crippen LogP contribution in [0.25, 0.3) is 0 Å². The molecule has 25 heavy (non-hydrogen) atoms. The average molecular weight is 369 g/mol. The van der Waals surface area contributed by atoms with Gasteiger partial charge in [-0.3, -0.25) is 4.90 Å². The van der Waals surface area contributed by atoms with E-state index in [0.717, 1.165) is 30.9 Å². The third-order valence-electron chi connectivity index (χ3n) is 4.78. The predicted molar refractivity (Wildman–Crippen MR) is 95.9 cm³/mol. The molecule has 2 aliphatic heterocycles. The van der Waals surface area contributed by atoms with Crippen LogP contribution in [-0.2, 0) is 21.5 Å². The van der Waals surface area contributed by atoms with Crippen LogP contribution < -0.4 is 4.74 Å². The van der Waals surface area contributed by atoms with Crippen LogP contribution in [0.5, 0.6) is 5.75 Å². The molecule has 0 N–H and O–H groups in total. The van der Waals surface area contributed by atoms with E-state index in [0.29, 0.717) is 39.4 Å². The Morgan fingerprint density at radius 1 is 1.04 bits per heavy atom. The molecule has 0 bridgehead atoms. The van der Waals surface area contributed by atoms with Gasteiger partial charge in [0.1, 0.15) is 5.75 Å². The summed E-state index contributed by atoms with van der Waals surface area (Å²) in [7, 11) is -1.68. The van der Waals surface area contributed by atoms with Crippen LogP contribution in [0.15, 0.2) is 18.2 Å². The largest absolute Gasteiger partial charge is 0.496 e. The van der Waals surface area contributed by atoms with Gasteiger partial charge in [0.15, 0.2) is 0 Å². The van der Waals surface area contributed by atoms with Gasteiger partial charge in [0.05, 0.1) is 20.3 Å². The van der Waals surface area contributed by atoms with Crippen molar-refractivity contribution in [2.45, 2.75) is 13.5 Å². The van der Waals surface area contributed by atoms with Gasteiger partial charge in [0, 0.05) is 51.4 Å². The molecule has 2 heterocycles. The van der Waals surface area contributed by atoms with Gasteiger partial charge in [-0.05, 0) is 13.0 Å². The SMILES string of the molecule is COc1ccc(C)cc1CN1CCN(S(=O)(=O)N2CCOCC2)CC1. The maximum absolute atomic E-state index is 12.7. The third kappa shape index (κ3) is 4.32. The van der Waals surface area contributed by atoms with Gasteiger partial charge in [-0.2, -0.15) is 17.0 Å². The summed E-state index contributed by atoms with van der Waals surface area (Å²) in [5.41, 5.74) is 2.34. The van der Waals surface area contributed by atoms with Gasteiger partial charge >= 0.3 is 0 Å². The van der Waals surface area contributed by atoms with Crippen molar-refractivity contribution < 1.29 is 17.9 Å². The monoisotopic (exact) mass is 369 g/mol. The molecule has 0 atom stereocenters. The van der Waals surface area contributed by atoms with E-state index < -0.39 is 10.2 Å². The summed E-state index contributed by atoms with van der Waals surface area (Å²) in [5.74, 6) is 0.883. The third-order valence-corrected chi connectivity index (χ3v) is 6.82. The summed E-state index contributed by atoms with van der Waals surface area (Å²) < 4.78 is 39.3. The van der Waals surface area contributed by atoms with E-state index in [1.807, 2.05) is 12.1 Å². The van der Waals surface area contributed by atoms with Gasteiger partial charge in [-0.25, -0.2) is 0 Å². The summed E-state index contributed by atoms with van der Waals surface area (Å²) in [6.07, 6.45) is 0. The highest BCUT2D eigenvalue weighted by atomic mass is 32.2. The predicted octanol–water partition coefficient (Wildman–Crippen LogP) is 0.698. The lowest BCUT2D eigenvalue weighted by molar-refractivity contribution is 0.0684. The first-order valence-electron chi connectivity index (χ1n) is 8.69. The van der Waals surface area contributed by atoms with E-state index in [1.54, 1.807) is 11.4 Å². The molecule has 7 nitrogen and oxygen atoms in total. The van der Waals surface area contributed by atoms with Crippen molar-refractivity contribution >= 4 is 10.2 Å². The molecule has 1 aromatic rings. The number of piperazine rings is 1. The Bertz CT molecular complexity index is 681.